The van der Waals surface area contributed by atoms with E-state index in [2.05, 4.69) is 15.9 Å². The predicted octanol–water partition coefficient (Wildman–Crippen LogP) is 4.89. The van der Waals surface area contributed by atoms with Gasteiger partial charge < -0.3 is 14.1 Å². The molecule has 25 heavy (non-hydrogen) atoms. The Morgan fingerprint density at radius 2 is 1.76 bits per heavy atom. The Kier molecular flexibility index (Phi) is 5.56. The van der Waals surface area contributed by atoms with E-state index in [0.717, 1.165) is 21.5 Å². The molecule has 2 aromatic carbocycles. The number of carbonyl (C=O) groups is 1. The van der Waals surface area contributed by atoms with Crippen molar-refractivity contribution in [2.45, 2.75) is 13.1 Å². The predicted molar refractivity (Wildman–Crippen MR) is 99.4 cm³/mol. The fraction of sp³-hybridized carbons (Fsp3) is 0.150. The highest BCUT2D eigenvalue weighted by molar-refractivity contribution is 9.10. The minimum atomic E-state index is -0.0419. The largest absolute Gasteiger partial charge is 0.497 e. The number of furan rings is 1. The molecule has 0 bridgehead atoms. The van der Waals surface area contributed by atoms with Gasteiger partial charge in [0.2, 0.25) is 0 Å². The quantitative estimate of drug-likeness (QED) is 0.592. The van der Waals surface area contributed by atoms with Gasteiger partial charge in [0.1, 0.15) is 11.5 Å². The number of nitrogens with zero attached hydrogens (tertiary/aromatic N) is 1. The SMILES string of the molecule is COc1ccc(CN(Cc2ccco2)C(=O)c2ccc(Br)cc2)cc1. The molecule has 0 aliphatic rings. The van der Waals surface area contributed by atoms with E-state index in [1.807, 2.05) is 60.7 Å². The zero-order valence-electron chi connectivity index (χ0n) is 13.8. The fourth-order valence-corrected chi connectivity index (χ4v) is 2.78. The van der Waals surface area contributed by atoms with Crippen LogP contribution >= 0.6 is 15.9 Å². The van der Waals surface area contributed by atoms with E-state index >= 15 is 0 Å². The molecule has 1 aromatic heterocycles. The molecule has 3 aromatic rings. The molecule has 0 saturated carbocycles. The van der Waals surface area contributed by atoms with Crippen LogP contribution in [0.2, 0.25) is 0 Å². The van der Waals surface area contributed by atoms with Crippen molar-refractivity contribution >= 4 is 21.8 Å². The first-order valence-corrected chi connectivity index (χ1v) is 8.65. The van der Waals surface area contributed by atoms with Crippen molar-refractivity contribution in [3.8, 4) is 5.75 Å². The molecule has 128 valence electrons. The van der Waals surface area contributed by atoms with E-state index in [4.69, 9.17) is 9.15 Å². The molecular weight excluding hydrogens is 382 g/mol. The summed E-state index contributed by atoms with van der Waals surface area (Å²) in [5.74, 6) is 1.50. The lowest BCUT2D eigenvalue weighted by atomic mass is 10.1. The molecule has 4 nitrogen and oxygen atoms in total. The first-order valence-electron chi connectivity index (χ1n) is 7.86. The summed E-state index contributed by atoms with van der Waals surface area (Å²) in [6, 6.07) is 18.8. The number of carbonyl (C=O) groups excluding carboxylic acids is 1. The number of hydrogen-bond donors (Lipinski definition) is 0. The Morgan fingerprint density at radius 1 is 1.04 bits per heavy atom. The third-order valence-corrected chi connectivity index (χ3v) is 4.37. The zero-order valence-corrected chi connectivity index (χ0v) is 15.4. The number of methoxy groups -OCH3 is 1. The first kappa shape index (κ1) is 17.3. The maximum Gasteiger partial charge on any atom is 0.254 e. The molecule has 0 fully saturated rings. The van der Waals surface area contributed by atoms with Gasteiger partial charge >= 0.3 is 0 Å². The van der Waals surface area contributed by atoms with Gasteiger partial charge in [-0.3, -0.25) is 4.79 Å². The van der Waals surface area contributed by atoms with E-state index in [9.17, 15) is 4.79 Å². The van der Waals surface area contributed by atoms with Crippen molar-refractivity contribution in [2.24, 2.45) is 0 Å². The van der Waals surface area contributed by atoms with Crippen LogP contribution in [0.25, 0.3) is 0 Å². The van der Waals surface area contributed by atoms with Gasteiger partial charge in [-0.25, -0.2) is 0 Å². The van der Waals surface area contributed by atoms with Gasteiger partial charge in [0.15, 0.2) is 0 Å². The average molecular weight is 400 g/mol. The van der Waals surface area contributed by atoms with Crippen molar-refractivity contribution < 1.29 is 13.9 Å². The van der Waals surface area contributed by atoms with Crippen molar-refractivity contribution in [3.63, 3.8) is 0 Å². The molecule has 0 N–H and O–H groups in total. The highest BCUT2D eigenvalue weighted by Crippen LogP contribution is 2.18. The van der Waals surface area contributed by atoms with Gasteiger partial charge in [-0.1, -0.05) is 28.1 Å². The number of benzene rings is 2. The van der Waals surface area contributed by atoms with Gasteiger partial charge in [-0.15, -0.1) is 0 Å². The third kappa shape index (κ3) is 4.51. The fourth-order valence-electron chi connectivity index (χ4n) is 2.52. The lowest BCUT2D eigenvalue weighted by Crippen LogP contribution is -2.30. The minimum Gasteiger partial charge on any atom is -0.497 e. The summed E-state index contributed by atoms with van der Waals surface area (Å²) >= 11 is 3.40. The van der Waals surface area contributed by atoms with Crippen LogP contribution in [-0.2, 0) is 13.1 Å². The monoisotopic (exact) mass is 399 g/mol. The van der Waals surface area contributed by atoms with Crippen LogP contribution < -0.4 is 4.74 Å². The smallest absolute Gasteiger partial charge is 0.254 e. The van der Waals surface area contributed by atoms with Gasteiger partial charge in [0.05, 0.1) is 19.9 Å². The summed E-state index contributed by atoms with van der Waals surface area (Å²) in [6.07, 6.45) is 1.62. The normalized spacial score (nSPS) is 10.5. The Labute approximate surface area is 155 Å². The minimum absolute atomic E-state index is 0.0419. The Morgan fingerprint density at radius 3 is 2.36 bits per heavy atom. The van der Waals surface area contributed by atoms with Crippen molar-refractivity contribution in [1.29, 1.82) is 0 Å². The Bertz CT molecular complexity index is 811. The maximum absolute atomic E-state index is 13.0. The molecular formula is C20H18BrNO3. The second-order valence-corrected chi connectivity index (χ2v) is 6.51. The molecule has 0 radical (unpaired) electrons. The maximum atomic E-state index is 13.0. The molecule has 0 atom stereocenters. The molecule has 5 heteroatoms. The van der Waals surface area contributed by atoms with E-state index in [1.54, 1.807) is 18.3 Å². The second-order valence-electron chi connectivity index (χ2n) is 5.60. The summed E-state index contributed by atoms with van der Waals surface area (Å²) in [5.41, 5.74) is 1.67. The molecule has 0 aliphatic heterocycles. The van der Waals surface area contributed by atoms with Crippen LogP contribution in [0.5, 0.6) is 5.75 Å². The molecule has 0 saturated heterocycles. The third-order valence-electron chi connectivity index (χ3n) is 3.84. The molecule has 0 spiro atoms. The zero-order chi connectivity index (χ0) is 17.6. The number of ether oxygens (including phenoxy) is 1. The van der Waals surface area contributed by atoms with Crippen molar-refractivity contribution in [2.75, 3.05) is 7.11 Å². The summed E-state index contributed by atoms with van der Waals surface area (Å²) in [7, 11) is 1.63. The number of amides is 1. The molecule has 3 rings (SSSR count). The average Bonchev–Trinajstić information content (AvgIpc) is 3.15. The van der Waals surface area contributed by atoms with E-state index < -0.39 is 0 Å². The van der Waals surface area contributed by atoms with Crippen molar-refractivity contribution in [1.82, 2.24) is 4.90 Å². The number of halogens is 1. The number of hydrogen-bond acceptors (Lipinski definition) is 3. The van der Waals surface area contributed by atoms with Crippen LogP contribution in [0.1, 0.15) is 21.7 Å². The van der Waals surface area contributed by atoms with Gasteiger partial charge in [-0.05, 0) is 54.1 Å². The standard InChI is InChI=1S/C20H18BrNO3/c1-24-18-10-4-15(5-11-18)13-22(14-19-3-2-12-25-19)20(23)16-6-8-17(21)9-7-16/h2-12H,13-14H2,1H3. The van der Waals surface area contributed by atoms with Crippen LogP contribution in [0.4, 0.5) is 0 Å². The topological polar surface area (TPSA) is 42.7 Å². The summed E-state index contributed by atoms with van der Waals surface area (Å²) in [4.78, 5) is 14.7. The summed E-state index contributed by atoms with van der Waals surface area (Å²) < 4.78 is 11.6. The van der Waals surface area contributed by atoms with E-state index in [0.29, 0.717) is 18.7 Å². The van der Waals surface area contributed by atoms with E-state index in [1.165, 1.54) is 0 Å². The first-order chi connectivity index (χ1) is 12.2. The highest BCUT2D eigenvalue weighted by Gasteiger charge is 2.18. The van der Waals surface area contributed by atoms with Gasteiger partial charge in [-0.2, -0.15) is 0 Å². The summed E-state index contributed by atoms with van der Waals surface area (Å²) in [6.45, 7) is 0.896. The second kappa shape index (κ2) is 8.03. The molecule has 0 unspecified atom stereocenters. The van der Waals surface area contributed by atoms with Crippen LogP contribution in [0, 0.1) is 0 Å². The van der Waals surface area contributed by atoms with E-state index in [-0.39, 0.29) is 5.91 Å². The molecule has 0 aliphatic carbocycles. The lowest BCUT2D eigenvalue weighted by Gasteiger charge is -2.22. The highest BCUT2D eigenvalue weighted by atomic mass is 79.9. The molecule has 1 heterocycles. The van der Waals surface area contributed by atoms with Crippen LogP contribution in [0.3, 0.4) is 0 Å². The Balaban J connectivity index is 1.83. The van der Waals surface area contributed by atoms with Gasteiger partial charge in [0.25, 0.3) is 5.91 Å². The number of rotatable bonds is 6. The van der Waals surface area contributed by atoms with Crippen LogP contribution in [0.15, 0.2) is 75.8 Å². The lowest BCUT2D eigenvalue weighted by molar-refractivity contribution is 0.0717. The van der Waals surface area contributed by atoms with Gasteiger partial charge in [0, 0.05) is 16.6 Å². The summed E-state index contributed by atoms with van der Waals surface area (Å²) in [5, 5.41) is 0. The van der Waals surface area contributed by atoms with Crippen LogP contribution in [-0.4, -0.2) is 17.9 Å². The molecule has 1 amide bonds. The van der Waals surface area contributed by atoms with Crippen molar-refractivity contribution in [3.05, 3.63) is 88.3 Å². The Hall–Kier alpha value is -2.53.